The van der Waals surface area contributed by atoms with Crippen molar-refractivity contribution in [1.82, 2.24) is 24.8 Å². The van der Waals surface area contributed by atoms with Gasteiger partial charge in [0.2, 0.25) is 27.7 Å². The van der Waals surface area contributed by atoms with E-state index in [9.17, 15) is 27.9 Å². The normalized spacial score (nSPS) is 35.4. The van der Waals surface area contributed by atoms with E-state index in [2.05, 4.69) is 21.9 Å². The first-order chi connectivity index (χ1) is 27.3. The molecule has 0 spiro atoms. The van der Waals surface area contributed by atoms with Crippen LogP contribution in [0.5, 0.6) is 17.4 Å². The number of rotatable bonds is 7. The van der Waals surface area contributed by atoms with Crippen molar-refractivity contribution in [2.75, 3.05) is 19.8 Å². The van der Waals surface area contributed by atoms with Gasteiger partial charge in [-0.3, -0.25) is 24.0 Å². The third-order valence-corrected chi connectivity index (χ3v) is 15.2. The van der Waals surface area contributed by atoms with Crippen LogP contribution in [-0.2, 0) is 24.4 Å². The average molecular weight is 806 g/mol. The van der Waals surface area contributed by atoms with Crippen LogP contribution in [0.3, 0.4) is 0 Å². The molecule has 4 heterocycles. The molecule has 3 aliphatic heterocycles. The first-order valence-corrected chi connectivity index (χ1v) is 22.1. The van der Waals surface area contributed by atoms with Crippen LogP contribution in [0.1, 0.15) is 78.1 Å². The molecule has 9 rings (SSSR count). The third-order valence-electron chi connectivity index (χ3n) is 13.4. The van der Waals surface area contributed by atoms with Gasteiger partial charge in [0.15, 0.2) is 11.5 Å². The highest BCUT2D eigenvalue weighted by atomic mass is 32.2. The zero-order valence-corrected chi connectivity index (χ0v) is 33.1. The van der Waals surface area contributed by atoms with E-state index in [4.69, 9.17) is 14.2 Å². The van der Waals surface area contributed by atoms with Crippen molar-refractivity contribution in [1.29, 1.82) is 0 Å². The molecule has 15 nitrogen and oxygen atoms in total. The molecule has 4 saturated carbocycles. The Labute approximate surface area is 331 Å². The Bertz CT molecular complexity index is 2120. The standard InChI is InChI=1S/C41H51N5O10S/c1-22-5-3-4-6-26-20-41(26,39(49)44-57(52,53)29-7-8-29)43-36(47)32-19-28(56-37-31-9-10-33-35(55-14-13-54-33)30(31)11-12-42-37)21-45(32)38(48)34(23(2)15-22)46(40(50)51)27-17-24-16-25(24)18-27/h4,6,9-12,22-29,32,34H,3,5,7-8,13-21H2,1-2H3,(H,43,47)(H,44,49)(H,50,51)/b6-4-/t22-,23-,24+,25?,26-,27-,28-,32+,34+,41-/m1/s1. The van der Waals surface area contributed by atoms with Crippen LogP contribution in [0.25, 0.3) is 10.8 Å². The minimum atomic E-state index is -3.92. The largest absolute Gasteiger partial charge is 0.486 e. The van der Waals surface area contributed by atoms with E-state index >= 15 is 4.79 Å². The number of carbonyl (C=O) groups is 4. The number of aromatic nitrogens is 1. The number of carbonyl (C=O) groups excluding carboxylic acids is 3. The van der Waals surface area contributed by atoms with Crippen molar-refractivity contribution in [3.8, 4) is 17.4 Å². The average Bonchev–Trinajstić information content (AvgIpc) is 4.14. The monoisotopic (exact) mass is 805 g/mol. The van der Waals surface area contributed by atoms with Crippen LogP contribution in [0, 0.1) is 29.6 Å². The summed E-state index contributed by atoms with van der Waals surface area (Å²) in [5.74, 6) is -0.213. The highest BCUT2D eigenvalue weighted by Gasteiger charge is 2.62. The maximum atomic E-state index is 15.2. The van der Waals surface area contributed by atoms with Crippen LogP contribution < -0.4 is 24.2 Å². The van der Waals surface area contributed by atoms with Crippen LogP contribution in [0.15, 0.2) is 36.5 Å². The number of nitrogens with zero attached hydrogens (tertiary/aromatic N) is 3. The first kappa shape index (κ1) is 37.9. The number of hydrogen-bond acceptors (Lipinski definition) is 10. The Kier molecular flexibility index (Phi) is 9.55. The molecule has 3 N–H and O–H groups in total. The molecular weight excluding hydrogens is 755 g/mol. The molecule has 57 heavy (non-hydrogen) atoms. The second-order valence-corrected chi connectivity index (χ2v) is 19.5. The zero-order chi connectivity index (χ0) is 39.8. The number of pyridine rings is 1. The van der Waals surface area contributed by atoms with E-state index in [1.807, 2.05) is 25.1 Å². The Morgan fingerprint density at radius 2 is 1.79 bits per heavy atom. The van der Waals surface area contributed by atoms with Crippen molar-refractivity contribution in [2.45, 2.75) is 113 Å². The summed E-state index contributed by atoms with van der Waals surface area (Å²) in [6.45, 7) is 4.80. The molecular formula is C41H51N5O10S. The highest BCUT2D eigenvalue weighted by molar-refractivity contribution is 7.91. The molecule has 1 aromatic carbocycles. The number of ether oxygens (including phenoxy) is 3. The van der Waals surface area contributed by atoms with Crippen LogP contribution in [0.2, 0.25) is 0 Å². The molecule has 5 fully saturated rings. The molecule has 4 amide bonds. The number of allylic oxidation sites excluding steroid dienone is 1. The van der Waals surface area contributed by atoms with E-state index in [0.717, 1.165) is 18.2 Å². The van der Waals surface area contributed by atoms with E-state index in [-0.39, 0.29) is 43.1 Å². The molecule has 4 aliphatic carbocycles. The number of carboxylic acid groups (broad SMARTS) is 1. The molecule has 306 valence electrons. The number of sulfonamides is 1. The highest BCUT2D eigenvalue weighted by Crippen LogP contribution is 2.54. The smallest absolute Gasteiger partial charge is 0.408 e. The van der Waals surface area contributed by atoms with Gasteiger partial charge in [0.05, 0.1) is 11.8 Å². The number of amides is 4. The van der Waals surface area contributed by atoms with Gasteiger partial charge >= 0.3 is 6.09 Å². The summed E-state index contributed by atoms with van der Waals surface area (Å²) >= 11 is 0. The number of nitrogens with one attached hydrogen (secondary N) is 2. The Morgan fingerprint density at radius 3 is 2.54 bits per heavy atom. The molecule has 1 unspecified atom stereocenters. The summed E-state index contributed by atoms with van der Waals surface area (Å²) in [6, 6.07) is 2.90. The number of benzene rings is 1. The zero-order valence-electron chi connectivity index (χ0n) is 32.3. The second-order valence-electron chi connectivity index (χ2n) is 17.6. The Morgan fingerprint density at radius 1 is 1.02 bits per heavy atom. The predicted molar refractivity (Wildman–Crippen MR) is 206 cm³/mol. The van der Waals surface area contributed by atoms with Gasteiger partial charge < -0.3 is 29.5 Å². The summed E-state index contributed by atoms with van der Waals surface area (Å²) < 4.78 is 46.4. The topological polar surface area (TPSA) is 194 Å². The fourth-order valence-corrected chi connectivity index (χ4v) is 11.4. The molecule has 1 saturated heterocycles. The summed E-state index contributed by atoms with van der Waals surface area (Å²) in [4.78, 5) is 64.4. The molecule has 1 aromatic heterocycles. The lowest BCUT2D eigenvalue weighted by molar-refractivity contribution is -0.145. The summed E-state index contributed by atoms with van der Waals surface area (Å²) in [5, 5.41) is 14.5. The van der Waals surface area contributed by atoms with Crippen LogP contribution in [0.4, 0.5) is 4.79 Å². The second kappa shape index (κ2) is 14.3. The van der Waals surface area contributed by atoms with Gasteiger partial charge in [-0.1, -0.05) is 26.0 Å². The van der Waals surface area contributed by atoms with Crippen molar-refractivity contribution in [3.05, 3.63) is 36.5 Å². The lowest BCUT2D eigenvalue weighted by Crippen LogP contribution is -2.61. The summed E-state index contributed by atoms with van der Waals surface area (Å²) in [7, 11) is -3.92. The lowest BCUT2D eigenvalue weighted by atomic mass is 9.86. The van der Waals surface area contributed by atoms with E-state index in [1.165, 1.54) is 9.80 Å². The predicted octanol–water partition coefficient (Wildman–Crippen LogP) is 4.00. The van der Waals surface area contributed by atoms with Crippen molar-refractivity contribution in [2.24, 2.45) is 29.6 Å². The minimum absolute atomic E-state index is 0.0247. The van der Waals surface area contributed by atoms with Gasteiger partial charge in [0.1, 0.15) is 36.9 Å². The summed E-state index contributed by atoms with van der Waals surface area (Å²) in [6.07, 6.45) is 9.21. The van der Waals surface area contributed by atoms with Crippen molar-refractivity contribution < 1.29 is 46.9 Å². The maximum absolute atomic E-state index is 15.2. The first-order valence-electron chi connectivity index (χ1n) is 20.5. The Balaban J connectivity index is 1.07. The molecule has 7 aliphatic rings. The quantitative estimate of drug-likeness (QED) is 0.343. The fraction of sp³-hybridized carbons (Fsp3) is 0.634. The minimum Gasteiger partial charge on any atom is -0.486 e. The third kappa shape index (κ3) is 7.16. The van der Waals surface area contributed by atoms with Gasteiger partial charge in [-0.05, 0) is 99.7 Å². The maximum Gasteiger partial charge on any atom is 0.408 e. The van der Waals surface area contributed by atoms with E-state index < -0.39 is 68.7 Å². The van der Waals surface area contributed by atoms with Crippen molar-refractivity contribution >= 4 is 44.6 Å². The summed E-state index contributed by atoms with van der Waals surface area (Å²) in [5.41, 5.74) is -1.53. The van der Waals surface area contributed by atoms with Gasteiger partial charge in [-0.2, -0.15) is 0 Å². The fourth-order valence-electron chi connectivity index (χ4n) is 10.1. The van der Waals surface area contributed by atoms with Crippen molar-refractivity contribution in [3.63, 3.8) is 0 Å². The molecule has 0 radical (unpaired) electrons. The Hall–Kier alpha value is -4.60. The van der Waals surface area contributed by atoms with Gasteiger partial charge in [0.25, 0.3) is 5.91 Å². The number of hydrogen-bond donors (Lipinski definition) is 3. The van der Waals surface area contributed by atoms with E-state index in [0.29, 0.717) is 80.5 Å². The lowest BCUT2D eigenvalue weighted by Gasteiger charge is -2.40. The van der Waals surface area contributed by atoms with Gasteiger partial charge in [0, 0.05) is 35.3 Å². The SMILES string of the molecule is C[C@@H]1CC/C=C\[C@@H]2C[C@@]2(C(=O)NS(=O)(=O)C2CC2)NC(=O)[C@@H]2C[C@@H](Oc3nccc4c5c(ccc34)OCCO5)CN2C(=O)[C@@H](N(C(=O)O)[C@H]2CC3C[C@H]3C2)[C@H](C)C1. The van der Waals surface area contributed by atoms with Crippen LogP contribution >= 0.6 is 0 Å². The number of fused-ring (bicyclic) bond motifs is 6. The molecule has 10 atom stereocenters. The van der Waals surface area contributed by atoms with E-state index in [1.54, 1.807) is 18.3 Å². The molecule has 2 aromatic rings. The molecule has 16 heteroatoms. The van der Waals surface area contributed by atoms with Gasteiger partial charge in [-0.25, -0.2) is 18.2 Å². The molecule has 0 bridgehead atoms. The van der Waals surface area contributed by atoms with Gasteiger partial charge in [-0.15, -0.1) is 0 Å². The van der Waals surface area contributed by atoms with Crippen LogP contribution in [-0.4, -0.2) is 107 Å².